The van der Waals surface area contributed by atoms with E-state index in [1.165, 1.54) is 0 Å². The topological polar surface area (TPSA) is 17.1 Å². The smallest absolute Gasteiger partial charge is 0.0905 e. The van der Waals surface area contributed by atoms with Crippen molar-refractivity contribution in [3.05, 3.63) is 0 Å². The van der Waals surface area contributed by atoms with E-state index in [0.717, 1.165) is 0 Å². The summed E-state index contributed by atoms with van der Waals surface area (Å²) in [7, 11) is 2.49. The van der Waals surface area contributed by atoms with Crippen LogP contribution >= 0.6 is 0 Å². The molecule has 0 aromatic rings. The van der Waals surface area contributed by atoms with Gasteiger partial charge in [-0.2, -0.15) is 0 Å². The van der Waals surface area contributed by atoms with Crippen LogP contribution in [0.15, 0.2) is 0 Å². The van der Waals surface area contributed by atoms with Crippen molar-refractivity contribution in [1.82, 2.24) is 0 Å². The zero-order valence-electron chi connectivity index (χ0n) is 1.82. The number of hydrogen-bond acceptors (Lipinski definition) is 2. The average Bonchev–Trinajstić information content (AvgIpc) is 0.811. The molecule has 0 rings (SSSR count). The SMILES string of the molecule is O=C([Si])[S-]. The molecule has 4 heavy (non-hydrogen) atoms. The minimum atomic E-state index is -0.444. The molecule has 0 aromatic heterocycles. The molecule has 3 heteroatoms. The number of rotatable bonds is 0. The standard InChI is InChI=1S/CHOSSi/c2-1(3)4/h(H,2,3)/p-1. The highest BCUT2D eigenvalue weighted by atomic mass is 32.1. The Bertz CT molecular complexity index is 31.0. The van der Waals surface area contributed by atoms with Crippen molar-refractivity contribution in [2.45, 2.75) is 0 Å². The zero-order valence-corrected chi connectivity index (χ0v) is 3.63. The van der Waals surface area contributed by atoms with Crippen molar-refractivity contribution in [1.29, 1.82) is 0 Å². The van der Waals surface area contributed by atoms with Gasteiger partial charge in [0, 0.05) is 0 Å². The fraction of sp³-hybridized carbons (Fsp3) is 0. The molecule has 0 aromatic carbocycles. The molecule has 0 amide bonds. The van der Waals surface area contributed by atoms with Crippen LogP contribution in [0.5, 0.6) is 0 Å². The molecular weight excluding hydrogens is 88.2 g/mol. The van der Waals surface area contributed by atoms with Crippen LogP contribution in [0.3, 0.4) is 0 Å². The highest BCUT2D eigenvalue weighted by molar-refractivity contribution is 7.81. The molecule has 0 unspecified atom stereocenters. The van der Waals surface area contributed by atoms with Crippen LogP contribution in [0, 0.1) is 0 Å². The van der Waals surface area contributed by atoms with E-state index in [9.17, 15) is 4.79 Å². The molecule has 1 nitrogen and oxygen atoms in total. The quantitative estimate of drug-likeness (QED) is 0.302. The van der Waals surface area contributed by atoms with Crippen molar-refractivity contribution in [3.63, 3.8) is 0 Å². The maximum Gasteiger partial charge on any atom is 0.0905 e. The van der Waals surface area contributed by atoms with Crippen LogP contribution in [0.2, 0.25) is 0 Å². The maximum atomic E-state index is 9.17. The summed E-state index contributed by atoms with van der Waals surface area (Å²) in [5, 5.41) is 0. The van der Waals surface area contributed by atoms with Gasteiger partial charge in [-0.25, -0.2) is 0 Å². The molecule has 0 spiro atoms. The average molecular weight is 88.2 g/mol. The van der Waals surface area contributed by atoms with Crippen molar-refractivity contribution >= 4 is 27.6 Å². The van der Waals surface area contributed by atoms with Crippen molar-refractivity contribution in [2.75, 3.05) is 0 Å². The van der Waals surface area contributed by atoms with E-state index < -0.39 is 4.74 Å². The Balaban J connectivity index is 2.80. The predicted octanol–water partition coefficient (Wildman–Crippen LogP) is -0.178. The maximum absolute atomic E-state index is 9.17. The van der Waals surface area contributed by atoms with Gasteiger partial charge < -0.3 is 17.4 Å². The fourth-order valence-electron chi connectivity index (χ4n) is 0. The van der Waals surface area contributed by atoms with E-state index in [1.54, 1.807) is 0 Å². The molecule has 0 saturated carbocycles. The lowest BCUT2D eigenvalue weighted by Gasteiger charge is -1.81. The van der Waals surface area contributed by atoms with E-state index in [4.69, 9.17) is 0 Å². The summed E-state index contributed by atoms with van der Waals surface area (Å²) in [5.41, 5.74) is 0. The fourth-order valence-corrected chi connectivity index (χ4v) is 0. The second-order valence-corrected chi connectivity index (χ2v) is 1.47. The lowest BCUT2D eigenvalue weighted by Crippen LogP contribution is -1.78. The van der Waals surface area contributed by atoms with Crippen molar-refractivity contribution in [2.24, 2.45) is 0 Å². The van der Waals surface area contributed by atoms with Crippen molar-refractivity contribution in [3.8, 4) is 0 Å². The summed E-state index contributed by atoms with van der Waals surface area (Å²) in [6.07, 6.45) is 0. The van der Waals surface area contributed by atoms with E-state index in [-0.39, 0.29) is 0 Å². The van der Waals surface area contributed by atoms with Gasteiger partial charge in [0.15, 0.2) is 0 Å². The molecular formula is COSSi-. The zero-order chi connectivity index (χ0) is 3.58. The molecule has 0 heterocycles. The second-order valence-electron chi connectivity index (χ2n) is 0.287. The van der Waals surface area contributed by atoms with Gasteiger partial charge >= 0.3 is 0 Å². The summed E-state index contributed by atoms with van der Waals surface area (Å²) in [6, 6.07) is 0. The Hall–Kier alpha value is 0.107. The second kappa shape index (κ2) is 1.43. The third-order valence-corrected chi connectivity index (χ3v) is 0. The van der Waals surface area contributed by atoms with Gasteiger partial charge in [0.05, 0.1) is 10.2 Å². The van der Waals surface area contributed by atoms with Gasteiger partial charge in [-0.1, -0.05) is 0 Å². The normalized spacial score (nSPS) is 6.25. The Kier molecular flexibility index (Phi) is 1.47. The van der Waals surface area contributed by atoms with Gasteiger partial charge in [0.2, 0.25) is 0 Å². The molecule has 0 saturated heterocycles. The number of hydrogen-bond donors (Lipinski definition) is 0. The number of carbonyl (C=O) groups excluding carboxylic acids is 1. The van der Waals surface area contributed by atoms with E-state index in [1.807, 2.05) is 0 Å². The van der Waals surface area contributed by atoms with Gasteiger partial charge in [0.1, 0.15) is 0 Å². The molecule has 0 bridgehead atoms. The highest BCUT2D eigenvalue weighted by Crippen LogP contribution is 1.46. The largest absolute Gasteiger partial charge is 0.748 e. The van der Waals surface area contributed by atoms with Crippen molar-refractivity contribution < 1.29 is 4.79 Å². The highest BCUT2D eigenvalue weighted by Gasteiger charge is 1.46. The van der Waals surface area contributed by atoms with Gasteiger partial charge in [0.25, 0.3) is 0 Å². The predicted molar refractivity (Wildman–Crippen MR) is 18.5 cm³/mol. The van der Waals surface area contributed by atoms with Crippen LogP contribution in [0.4, 0.5) is 4.79 Å². The lowest BCUT2D eigenvalue weighted by atomic mass is 11.8. The Morgan fingerprint density at radius 3 is 2.00 bits per heavy atom. The first-order chi connectivity index (χ1) is 1.73. The van der Waals surface area contributed by atoms with Crippen LogP contribution in [-0.4, -0.2) is 15.0 Å². The first-order valence-electron chi connectivity index (χ1n) is 0.658. The molecule has 0 N–H and O–H groups in total. The molecule has 0 atom stereocenters. The first kappa shape index (κ1) is 4.11. The van der Waals surface area contributed by atoms with Gasteiger partial charge in [-0.3, -0.25) is 0 Å². The summed E-state index contributed by atoms with van der Waals surface area (Å²) in [4.78, 5) is 9.17. The summed E-state index contributed by atoms with van der Waals surface area (Å²) < 4.78 is -0.444. The summed E-state index contributed by atoms with van der Waals surface area (Å²) in [5.74, 6) is 0. The van der Waals surface area contributed by atoms with E-state index in [0.29, 0.717) is 0 Å². The van der Waals surface area contributed by atoms with Gasteiger partial charge in [-0.15, -0.1) is 0 Å². The lowest BCUT2D eigenvalue weighted by molar-refractivity contribution is 0.276. The number of carbonyl (C=O) groups is 1. The van der Waals surface area contributed by atoms with Crippen LogP contribution in [0.25, 0.3) is 0 Å². The monoisotopic (exact) mass is 87.9 g/mol. The molecule has 0 aliphatic carbocycles. The first-order valence-corrected chi connectivity index (χ1v) is 1.57. The Labute approximate surface area is 33.2 Å². The Morgan fingerprint density at radius 1 is 2.00 bits per heavy atom. The van der Waals surface area contributed by atoms with Crippen LogP contribution < -0.4 is 0 Å². The molecule has 21 valence electrons. The minimum Gasteiger partial charge on any atom is -0.748 e. The summed E-state index contributed by atoms with van der Waals surface area (Å²) >= 11 is 3.90. The van der Waals surface area contributed by atoms with Crippen LogP contribution in [-0.2, 0) is 12.6 Å². The third kappa shape index (κ3) is 226. The minimum absolute atomic E-state index is 0.444. The Morgan fingerprint density at radius 2 is 2.00 bits per heavy atom. The van der Waals surface area contributed by atoms with E-state index in [2.05, 4.69) is 22.9 Å². The third-order valence-electron chi connectivity index (χ3n) is 0. The summed E-state index contributed by atoms with van der Waals surface area (Å²) in [6.45, 7) is 0. The molecule has 3 radical (unpaired) electrons. The van der Waals surface area contributed by atoms with Gasteiger partial charge in [-0.05, 0) is 4.74 Å². The molecule has 0 aliphatic heterocycles. The van der Waals surface area contributed by atoms with Crippen LogP contribution in [0.1, 0.15) is 0 Å². The molecule has 0 fully saturated rings. The van der Waals surface area contributed by atoms with E-state index >= 15 is 0 Å². The molecule has 0 aliphatic rings.